The number of aryl methyl sites for hydroxylation is 1. The molecule has 0 aliphatic rings. The Morgan fingerprint density at radius 3 is 2.88 bits per heavy atom. The summed E-state index contributed by atoms with van der Waals surface area (Å²) < 4.78 is 0. The molecule has 0 fully saturated rings. The Bertz CT molecular complexity index is 542. The molecular formula is C12H11N5. The fourth-order valence-corrected chi connectivity index (χ4v) is 1.29. The minimum atomic E-state index is 0.537. The summed E-state index contributed by atoms with van der Waals surface area (Å²) in [7, 11) is 0. The van der Waals surface area contributed by atoms with Gasteiger partial charge in [-0.3, -0.25) is 9.97 Å². The van der Waals surface area contributed by atoms with Crippen LogP contribution in [0.15, 0.2) is 30.7 Å². The third-order valence-corrected chi connectivity index (χ3v) is 2.17. The van der Waals surface area contributed by atoms with Crippen molar-refractivity contribution in [2.75, 3.05) is 5.32 Å². The zero-order valence-corrected chi connectivity index (χ0v) is 9.38. The maximum Gasteiger partial charge on any atom is 0.127 e. The van der Waals surface area contributed by atoms with Gasteiger partial charge in [0.25, 0.3) is 0 Å². The highest BCUT2D eigenvalue weighted by molar-refractivity contribution is 5.42. The molecular weight excluding hydrogens is 214 g/mol. The molecule has 0 aliphatic heterocycles. The van der Waals surface area contributed by atoms with Crippen molar-refractivity contribution < 1.29 is 0 Å². The predicted octanol–water partition coefficient (Wildman–Crippen LogP) is 1.66. The molecule has 5 nitrogen and oxygen atoms in total. The highest BCUT2D eigenvalue weighted by atomic mass is 15.0. The molecule has 2 heterocycles. The number of nitrogens with zero attached hydrogens (tertiary/aromatic N) is 4. The van der Waals surface area contributed by atoms with E-state index in [1.54, 1.807) is 30.7 Å². The molecule has 0 radical (unpaired) electrons. The standard InChI is InChI=1S/C12H11N5/c1-9-6-16-11(7-15-9)8-17-12-4-10(5-13)2-3-14-12/h2-4,6-7H,8H2,1H3,(H,14,17). The summed E-state index contributed by atoms with van der Waals surface area (Å²) in [6.07, 6.45) is 5.04. The van der Waals surface area contributed by atoms with E-state index in [1.807, 2.05) is 6.92 Å². The number of nitrogens with one attached hydrogen (secondary N) is 1. The van der Waals surface area contributed by atoms with E-state index in [2.05, 4.69) is 26.3 Å². The summed E-state index contributed by atoms with van der Waals surface area (Å²) in [4.78, 5) is 12.5. The van der Waals surface area contributed by atoms with E-state index in [1.165, 1.54) is 0 Å². The van der Waals surface area contributed by atoms with Crippen molar-refractivity contribution in [1.82, 2.24) is 15.0 Å². The van der Waals surface area contributed by atoms with Crippen molar-refractivity contribution in [2.45, 2.75) is 13.5 Å². The van der Waals surface area contributed by atoms with Crippen LogP contribution in [-0.4, -0.2) is 15.0 Å². The average molecular weight is 225 g/mol. The van der Waals surface area contributed by atoms with Crippen LogP contribution in [0, 0.1) is 18.3 Å². The highest BCUT2D eigenvalue weighted by Crippen LogP contribution is 2.06. The highest BCUT2D eigenvalue weighted by Gasteiger charge is 1.98. The molecule has 0 aliphatic carbocycles. The summed E-state index contributed by atoms with van der Waals surface area (Å²) >= 11 is 0. The SMILES string of the molecule is Cc1cnc(CNc2cc(C#N)ccn2)cn1. The van der Waals surface area contributed by atoms with E-state index in [4.69, 9.17) is 5.26 Å². The molecule has 17 heavy (non-hydrogen) atoms. The van der Waals surface area contributed by atoms with E-state index >= 15 is 0 Å². The van der Waals surface area contributed by atoms with Crippen molar-refractivity contribution in [3.05, 3.63) is 47.7 Å². The molecule has 0 atom stereocenters. The lowest BCUT2D eigenvalue weighted by Gasteiger charge is -2.04. The first kappa shape index (κ1) is 11.0. The molecule has 0 aromatic carbocycles. The zero-order valence-electron chi connectivity index (χ0n) is 9.38. The number of hydrogen-bond acceptors (Lipinski definition) is 5. The first-order valence-electron chi connectivity index (χ1n) is 5.15. The van der Waals surface area contributed by atoms with Crippen LogP contribution in [0.4, 0.5) is 5.82 Å². The molecule has 0 saturated carbocycles. The molecule has 0 saturated heterocycles. The van der Waals surface area contributed by atoms with Crippen LogP contribution in [-0.2, 0) is 6.54 Å². The molecule has 0 amide bonds. The van der Waals surface area contributed by atoms with Gasteiger partial charge >= 0.3 is 0 Å². The Kier molecular flexibility index (Phi) is 3.26. The van der Waals surface area contributed by atoms with Gasteiger partial charge in [0, 0.05) is 12.4 Å². The van der Waals surface area contributed by atoms with Crippen molar-refractivity contribution in [3.63, 3.8) is 0 Å². The van der Waals surface area contributed by atoms with Gasteiger partial charge < -0.3 is 5.32 Å². The second kappa shape index (κ2) is 5.03. The van der Waals surface area contributed by atoms with E-state index in [9.17, 15) is 0 Å². The van der Waals surface area contributed by atoms with E-state index in [0.717, 1.165) is 11.4 Å². The molecule has 0 bridgehead atoms. The van der Waals surface area contributed by atoms with Crippen LogP contribution in [0.1, 0.15) is 17.0 Å². The third-order valence-electron chi connectivity index (χ3n) is 2.17. The van der Waals surface area contributed by atoms with Crippen LogP contribution in [0.2, 0.25) is 0 Å². The van der Waals surface area contributed by atoms with Gasteiger partial charge in [-0.05, 0) is 19.1 Å². The summed E-state index contributed by atoms with van der Waals surface area (Å²) in [6.45, 7) is 2.43. The van der Waals surface area contributed by atoms with Crippen LogP contribution < -0.4 is 5.32 Å². The van der Waals surface area contributed by atoms with Crippen molar-refractivity contribution >= 4 is 5.82 Å². The molecule has 5 heteroatoms. The van der Waals surface area contributed by atoms with Crippen LogP contribution in [0.3, 0.4) is 0 Å². The Labute approximate surface area is 99.2 Å². The van der Waals surface area contributed by atoms with Gasteiger partial charge in [-0.25, -0.2) is 4.98 Å². The number of pyridine rings is 1. The first-order chi connectivity index (χ1) is 8.28. The first-order valence-corrected chi connectivity index (χ1v) is 5.15. The topological polar surface area (TPSA) is 74.5 Å². The zero-order chi connectivity index (χ0) is 12.1. The van der Waals surface area contributed by atoms with Gasteiger partial charge in [0.05, 0.1) is 35.8 Å². The quantitative estimate of drug-likeness (QED) is 0.859. The largest absolute Gasteiger partial charge is 0.364 e. The molecule has 2 rings (SSSR count). The fourth-order valence-electron chi connectivity index (χ4n) is 1.29. The van der Waals surface area contributed by atoms with Crippen molar-refractivity contribution in [1.29, 1.82) is 5.26 Å². The van der Waals surface area contributed by atoms with Crippen LogP contribution in [0.25, 0.3) is 0 Å². The number of nitriles is 1. The van der Waals surface area contributed by atoms with Gasteiger partial charge in [-0.1, -0.05) is 0 Å². The van der Waals surface area contributed by atoms with Gasteiger partial charge in [0.2, 0.25) is 0 Å². The molecule has 2 aromatic rings. The van der Waals surface area contributed by atoms with Crippen molar-refractivity contribution in [2.24, 2.45) is 0 Å². The third kappa shape index (κ3) is 2.98. The number of anilines is 1. The van der Waals surface area contributed by atoms with E-state index in [-0.39, 0.29) is 0 Å². The lowest BCUT2D eigenvalue weighted by molar-refractivity contribution is 0.976. The Morgan fingerprint density at radius 1 is 1.29 bits per heavy atom. The second-order valence-electron chi connectivity index (χ2n) is 3.54. The van der Waals surface area contributed by atoms with Crippen molar-refractivity contribution in [3.8, 4) is 6.07 Å². The van der Waals surface area contributed by atoms with Gasteiger partial charge in [0.15, 0.2) is 0 Å². The fraction of sp³-hybridized carbons (Fsp3) is 0.167. The number of aromatic nitrogens is 3. The minimum absolute atomic E-state index is 0.537. The molecule has 1 N–H and O–H groups in total. The minimum Gasteiger partial charge on any atom is -0.364 e. The number of hydrogen-bond donors (Lipinski definition) is 1. The lowest BCUT2D eigenvalue weighted by Crippen LogP contribution is -2.04. The normalized spacial score (nSPS) is 9.65. The van der Waals surface area contributed by atoms with Crippen LogP contribution in [0.5, 0.6) is 0 Å². The molecule has 0 spiro atoms. The summed E-state index contributed by atoms with van der Waals surface area (Å²) in [5, 5.41) is 11.8. The monoisotopic (exact) mass is 225 g/mol. The molecule has 0 unspecified atom stereocenters. The predicted molar refractivity (Wildman–Crippen MR) is 63.0 cm³/mol. The summed E-state index contributed by atoms with van der Waals surface area (Å²) in [6, 6.07) is 5.42. The summed E-state index contributed by atoms with van der Waals surface area (Å²) in [5.74, 6) is 0.659. The summed E-state index contributed by atoms with van der Waals surface area (Å²) in [5.41, 5.74) is 2.30. The van der Waals surface area contributed by atoms with E-state index < -0.39 is 0 Å². The van der Waals surface area contributed by atoms with E-state index in [0.29, 0.717) is 17.9 Å². The second-order valence-corrected chi connectivity index (χ2v) is 3.54. The van der Waals surface area contributed by atoms with Gasteiger partial charge in [-0.2, -0.15) is 5.26 Å². The maximum atomic E-state index is 8.75. The van der Waals surface area contributed by atoms with Gasteiger partial charge in [0.1, 0.15) is 5.82 Å². The Morgan fingerprint density at radius 2 is 2.18 bits per heavy atom. The lowest BCUT2D eigenvalue weighted by atomic mass is 10.3. The smallest absolute Gasteiger partial charge is 0.127 e. The van der Waals surface area contributed by atoms with Gasteiger partial charge in [-0.15, -0.1) is 0 Å². The Hall–Kier alpha value is -2.48. The maximum absolute atomic E-state index is 8.75. The average Bonchev–Trinajstić information content (AvgIpc) is 2.38. The number of rotatable bonds is 3. The molecule has 84 valence electrons. The molecule has 2 aromatic heterocycles. The van der Waals surface area contributed by atoms with Crippen LogP contribution >= 0.6 is 0 Å². The Balaban J connectivity index is 2.02.